The highest BCUT2D eigenvalue weighted by Gasteiger charge is 2.16. The van der Waals surface area contributed by atoms with Crippen LogP contribution in [0.1, 0.15) is 6.92 Å². The summed E-state index contributed by atoms with van der Waals surface area (Å²) in [4.78, 5) is 14.8. The van der Waals surface area contributed by atoms with Gasteiger partial charge in [-0.15, -0.1) is 10.2 Å². The molecule has 0 aliphatic carbocycles. The van der Waals surface area contributed by atoms with E-state index in [0.29, 0.717) is 21.7 Å². The Hall–Kier alpha value is -2.86. The van der Waals surface area contributed by atoms with Crippen LogP contribution in [0.5, 0.6) is 11.6 Å². The smallest absolute Gasteiger partial charge is 0.304 e. The number of carbonyl (C=O) groups excluding carboxylic acids is 1. The number of nitrogens with one attached hydrogen (secondary N) is 1. The third-order valence-corrected chi connectivity index (χ3v) is 3.63. The van der Waals surface area contributed by atoms with Crippen molar-refractivity contribution < 1.29 is 14.6 Å². The van der Waals surface area contributed by atoms with Crippen LogP contribution in [0.25, 0.3) is 10.9 Å². The van der Waals surface area contributed by atoms with Crippen molar-refractivity contribution in [2.75, 3.05) is 0 Å². The Balaban J connectivity index is 1.74. The molecule has 0 saturated carbocycles. The largest absolute Gasteiger partial charge is 0.493 e. The minimum Gasteiger partial charge on any atom is -0.493 e. The molecule has 1 heterocycles. The zero-order valence-electron chi connectivity index (χ0n) is 12.7. The lowest BCUT2D eigenvalue weighted by Gasteiger charge is -2.10. The van der Waals surface area contributed by atoms with Gasteiger partial charge in [-0.1, -0.05) is 29.8 Å². The lowest BCUT2D eigenvalue weighted by atomic mass is 10.2. The molecule has 3 aromatic rings. The molecule has 1 amide bonds. The first-order valence-electron chi connectivity index (χ1n) is 7.22. The van der Waals surface area contributed by atoms with Crippen LogP contribution >= 0.6 is 11.6 Å². The Morgan fingerprint density at radius 1 is 1.21 bits per heavy atom. The molecule has 3 rings (SSSR count). The number of halogens is 1. The molecule has 0 spiro atoms. The summed E-state index contributed by atoms with van der Waals surface area (Å²) in [6.45, 7) is 1.57. The Morgan fingerprint density at radius 2 is 1.92 bits per heavy atom. The van der Waals surface area contributed by atoms with Crippen LogP contribution in [0.15, 0.2) is 58.8 Å². The van der Waals surface area contributed by atoms with E-state index >= 15 is 0 Å². The highest BCUT2D eigenvalue weighted by molar-refractivity contribution is 6.30. The number of carbonyl (C=O) groups is 1. The van der Waals surface area contributed by atoms with E-state index in [4.69, 9.17) is 16.3 Å². The molecule has 0 saturated heterocycles. The fourth-order valence-electron chi connectivity index (χ4n) is 2.16. The number of amides is 1. The van der Waals surface area contributed by atoms with Crippen molar-refractivity contribution in [2.24, 2.45) is 10.2 Å². The van der Waals surface area contributed by atoms with Gasteiger partial charge in [0, 0.05) is 10.4 Å². The maximum atomic E-state index is 12.1. The number of fused-ring (bicyclic) bond motifs is 1. The summed E-state index contributed by atoms with van der Waals surface area (Å²) in [5.41, 5.74) is 0.930. The number of benzene rings is 2. The number of aromatic nitrogens is 1. The second-order valence-corrected chi connectivity index (χ2v) is 5.56. The molecule has 1 aromatic heterocycles. The van der Waals surface area contributed by atoms with E-state index in [1.165, 1.54) is 0 Å². The second-order valence-electron chi connectivity index (χ2n) is 5.12. The first-order chi connectivity index (χ1) is 11.5. The van der Waals surface area contributed by atoms with Gasteiger partial charge < -0.3 is 14.8 Å². The van der Waals surface area contributed by atoms with E-state index in [2.05, 4.69) is 15.2 Å². The van der Waals surface area contributed by atoms with Crippen LogP contribution in [0.2, 0.25) is 5.02 Å². The third kappa shape index (κ3) is 3.38. The Kier molecular flexibility index (Phi) is 4.48. The van der Waals surface area contributed by atoms with E-state index in [0.717, 1.165) is 0 Å². The average molecular weight is 344 g/mol. The quantitative estimate of drug-likeness (QED) is 0.678. The van der Waals surface area contributed by atoms with E-state index in [-0.39, 0.29) is 11.6 Å². The second kappa shape index (κ2) is 6.72. The fourth-order valence-corrected chi connectivity index (χ4v) is 2.29. The van der Waals surface area contributed by atoms with Gasteiger partial charge in [-0.25, -0.2) is 0 Å². The van der Waals surface area contributed by atoms with Gasteiger partial charge in [0.2, 0.25) is 5.88 Å². The maximum absolute atomic E-state index is 12.1. The van der Waals surface area contributed by atoms with Crippen LogP contribution in [-0.2, 0) is 4.79 Å². The van der Waals surface area contributed by atoms with Gasteiger partial charge in [0.05, 0.1) is 5.52 Å². The number of azo groups is 1. The number of hydrogen-bond acceptors (Lipinski definition) is 4. The average Bonchev–Trinajstić information content (AvgIpc) is 2.90. The molecule has 0 bridgehead atoms. The van der Waals surface area contributed by atoms with Crippen LogP contribution in [0.3, 0.4) is 0 Å². The summed E-state index contributed by atoms with van der Waals surface area (Å²) >= 11 is 5.80. The summed E-state index contributed by atoms with van der Waals surface area (Å²) in [5.74, 6) is -0.195. The molecule has 0 aliphatic rings. The van der Waals surface area contributed by atoms with Gasteiger partial charge in [0.1, 0.15) is 5.75 Å². The normalized spacial score (nSPS) is 12.6. The van der Waals surface area contributed by atoms with Crippen molar-refractivity contribution in [2.45, 2.75) is 13.0 Å². The molecule has 2 aromatic carbocycles. The number of para-hydroxylation sites is 1. The number of ether oxygens (including phenoxy) is 1. The van der Waals surface area contributed by atoms with Gasteiger partial charge in [-0.05, 0) is 37.3 Å². The molecule has 1 atom stereocenters. The van der Waals surface area contributed by atoms with E-state index in [1.807, 2.05) is 12.1 Å². The van der Waals surface area contributed by atoms with Crippen LogP contribution in [0.4, 0.5) is 5.69 Å². The number of H-pyrrole nitrogens is 1. The van der Waals surface area contributed by atoms with Gasteiger partial charge >= 0.3 is 5.91 Å². The zero-order chi connectivity index (χ0) is 17.1. The van der Waals surface area contributed by atoms with Crippen LogP contribution in [-0.4, -0.2) is 22.1 Å². The van der Waals surface area contributed by atoms with Crippen LogP contribution in [0, 0.1) is 0 Å². The minimum atomic E-state index is -0.817. The van der Waals surface area contributed by atoms with Crippen LogP contribution < -0.4 is 4.74 Å². The Bertz CT molecular complexity index is 903. The lowest BCUT2D eigenvalue weighted by Crippen LogP contribution is -2.21. The van der Waals surface area contributed by atoms with Crippen molar-refractivity contribution in [1.29, 1.82) is 0 Å². The van der Waals surface area contributed by atoms with Crippen molar-refractivity contribution in [1.82, 2.24) is 4.98 Å². The summed E-state index contributed by atoms with van der Waals surface area (Å²) in [7, 11) is 0. The lowest BCUT2D eigenvalue weighted by molar-refractivity contribution is -0.124. The Morgan fingerprint density at radius 3 is 2.67 bits per heavy atom. The van der Waals surface area contributed by atoms with Gasteiger partial charge in [-0.3, -0.25) is 4.79 Å². The van der Waals surface area contributed by atoms with Crippen molar-refractivity contribution >= 4 is 34.1 Å². The predicted molar refractivity (Wildman–Crippen MR) is 91.0 cm³/mol. The third-order valence-electron chi connectivity index (χ3n) is 3.38. The molecule has 0 aliphatic heterocycles. The summed E-state index contributed by atoms with van der Waals surface area (Å²) < 4.78 is 5.49. The summed E-state index contributed by atoms with van der Waals surface area (Å²) in [6.07, 6.45) is -0.817. The van der Waals surface area contributed by atoms with Gasteiger partial charge in [0.15, 0.2) is 11.8 Å². The molecule has 122 valence electrons. The highest BCUT2D eigenvalue weighted by atomic mass is 35.5. The first kappa shape index (κ1) is 16.0. The standard InChI is InChI=1S/C17H14ClN3O3/c1-10(24-12-8-6-11(18)7-9-12)16(22)21-20-15-13-4-2-3-5-14(13)19-17(15)23/h2-10,19,23H,1H3/t10-/m1/s1. The molecule has 7 heteroatoms. The molecular formula is C17H14ClN3O3. The number of aromatic hydroxyl groups is 1. The summed E-state index contributed by atoms with van der Waals surface area (Å²) in [5, 5.41) is 18.7. The van der Waals surface area contributed by atoms with Crippen molar-refractivity contribution in [3.63, 3.8) is 0 Å². The minimum absolute atomic E-state index is 0.140. The zero-order valence-corrected chi connectivity index (χ0v) is 13.5. The molecular weight excluding hydrogens is 330 g/mol. The fraction of sp³-hybridized carbons (Fsp3) is 0.118. The summed E-state index contributed by atoms with van der Waals surface area (Å²) in [6, 6.07) is 13.9. The van der Waals surface area contributed by atoms with Crippen molar-refractivity contribution in [3.8, 4) is 11.6 Å². The molecule has 0 fully saturated rings. The molecule has 0 unspecified atom stereocenters. The van der Waals surface area contributed by atoms with E-state index < -0.39 is 12.0 Å². The van der Waals surface area contributed by atoms with Gasteiger partial charge in [-0.2, -0.15) is 0 Å². The topological polar surface area (TPSA) is 87.0 Å². The highest BCUT2D eigenvalue weighted by Crippen LogP contribution is 2.35. The monoisotopic (exact) mass is 343 g/mol. The number of nitrogens with zero attached hydrogens (tertiary/aromatic N) is 2. The maximum Gasteiger partial charge on any atom is 0.304 e. The molecule has 6 nitrogen and oxygen atoms in total. The number of hydrogen-bond donors (Lipinski definition) is 2. The van der Waals surface area contributed by atoms with Gasteiger partial charge in [0.25, 0.3) is 0 Å². The first-order valence-corrected chi connectivity index (χ1v) is 7.60. The van der Waals surface area contributed by atoms with E-state index in [1.54, 1.807) is 43.3 Å². The predicted octanol–water partition coefficient (Wildman–Crippen LogP) is 4.60. The molecule has 2 N–H and O–H groups in total. The Labute approximate surface area is 142 Å². The number of rotatable bonds is 4. The van der Waals surface area contributed by atoms with Crippen molar-refractivity contribution in [3.05, 3.63) is 53.6 Å². The molecule has 0 radical (unpaired) electrons. The van der Waals surface area contributed by atoms with E-state index in [9.17, 15) is 9.90 Å². The SMILES string of the molecule is C[C@@H](Oc1ccc(Cl)cc1)C(=O)N=Nc1c(O)[nH]c2ccccc12. The number of aromatic amines is 1. The molecule has 24 heavy (non-hydrogen) atoms.